The van der Waals surface area contributed by atoms with Crippen LogP contribution in [0.2, 0.25) is 0 Å². The number of hydrogen-bond acceptors (Lipinski definition) is 7. The largest absolute Gasteiger partial charge is 0.375 e. The first kappa shape index (κ1) is 26.3. The summed E-state index contributed by atoms with van der Waals surface area (Å²) >= 11 is 0. The number of nitrogens with two attached hydrogens (primary N) is 1. The summed E-state index contributed by atoms with van der Waals surface area (Å²) in [4.78, 5) is 8.80. The first-order valence-electron chi connectivity index (χ1n) is 13.7. The van der Waals surface area contributed by atoms with Crippen LogP contribution in [0.25, 0.3) is 16.8 Å². The zero-order valence-corrected chi connectivity index (χ0v) is 22.2. The van der Waals surface area contributed by atoms with Crippen molar-refractivity contribution in [3.05, 3.63) is 71.7 Å². The first-order valence-corrected chi connectivity index (χ1v) is 13.7. The minimum atomic E-state index is -0.615. The summed E-state index contributed by atoms with van der Waals surface area (Å²) < 4.78 is 37.5. The molecular weight excluding hydrogens is 512 g/mol. The molecule has 1 aromatic carbocycles. The van der Waals surface area contributed by atoms with Gasteiger partial charge in [0.25, 0.3) is 0 Å². The van der Waals surface area contributed by atoms with Gasteiger partial charge in [-0.05, 0) is 84.9 Å². The normalized spacial score (nSPS) is 22.8. The van der Waals surface area contributed by atoms with Crippen LogP contribution in [-0.4, -0.2) is 38.3 Å². The molecule has 2 fully saturated rings. The Bertz CT molecular complexity index is 1540. The maximum absolute atomic E-state index is 15.0. The highest BCUT2D eigenvalue weighted by Crippen LogP contribution is 2.42. The molecule has 40 heavy (non-hydrogen) atoms. The molecule has 0 spiro atoms. The molecule has 4 unspecified atom stereocenters. The third kappa shape index (κ3) is 5.15. The molecule has 8 nitrogen and oxygen atoms in total. The zero-order valence-electron chi connectivity index (χ0n) is 22.2. The van der Waals surface area contributed by atoms with Crippen molar-refractivity contribution in [1.29, 1.82) is 5.26 Å². The molecule has 3 heterocycles. The average molecular weight is 544 g/mol. The van der Waals surface area contributed by atoms with Crippen LogP contribution in [0.1, 0.15) is 62.0 Å². The van der Waals surface area contributed by atoms with Crippen LogP contribution in [0.15, 0.2) is 48.9 Å². The number of anilines is 2. The molecule has 3 aromatic heterocycles. The molecule has 2 aliphatic rings. The zero-order chi connectivity index (χ0) is 27.8. The Morgan fingerprint density at radius 3 is 2.65 bits per heavy atom. The summed E-state index contributed by atoms with van der Waals surface area (Å²) in [6.45, 7) is 2.51. The fourth-order valence-electron chi connectivity index (χ4n) is 5.92. The number of ether oxygens (including phenoxy) is 1. The van der Waals surface area contributed by atoms with Crippen molar-refractivity contribution in [2.24, 2.45) is 11.7 Å². The van der Waals surface area contributed by atoms with Gasteiger partial charge in [0.2, 0.25) is 5.95 Å². The Kier molecular flexibility index (Phi) is 7.17. The second-order valence-corrected chi connectivity index (χ2v) is 10.9. The minimum absolute atomic E-state index is 0.0964. The van der Waals surface area contributed by atoms with Gasteiger partial charge < -0.3 is 15.8 Å². The van der Waals surface area contributed by atoms with Crippen molar-refractivity contribution in [2.45, 2.75) is 63.0 Å². The number of rotatable bonds is 8. The van der Waals surface area contributed by atoms with E-state index in [2.05, 4.69) is 33.4 Å². The van der Waals surface area contributed by atoms with E-state index >= 15 is 8.78 Å². The molecule has 0 aliphatic heterocycles. The highest BCUT2D eigenvalue weighted by atomic mass is 19.1. The minimum Gasteiger partial charge on any atom is -0.375 e. The van der Waals surface area contributed by atoms with Crippen molar-refractivity contribution in [3.63, 3.8) is 0 Å². The van der Waals surface area contributed by atoms with Gasteiger partial charge in [0, 0.05) is 12.2 Å². The number of nitriles is 1. The van der Waals surface area contributed by atoms with Gasteiger partial charge in [-0.1, -0.05) is 6.92 Å². The van der Waals surface area contributed by atoms with E-state index in [-0.39, 0.29) is 41.2 Å². The number of imidazole rings is 1. The van der Waals surface area contributed by atoms with E-state index in [1.165, 1.54) is 12.1 Å². The van der Waals surface area contributed by atoms with Gasteiger partial charge in [-0.3, -0.25) is 4.98 Å². The van der Waals surface area contributed by atoms with E-state index in [0.29, 0.717) is 30.1 Å². The third-order valence-corrected chi connectivity index (χ3v) is 8.01. The van der Waals surface area contributed by atoms with Gasteiger partial charge in [0.1, 0.15) is 11.6 Å². The number of aromatic nitrogens is 4. The highest BCUT2D eigenvalue weighted by molar-refractivity contribution is 5.66. The van der Waals surface area contributed by atoms with Crippen LogP contribution in [0.3, 0.4) is 0 Å². The van der Waals surface area contributed by atoms with Crippen LogP contribution in [0, 0.1) is 28.9 Å². The molecule has 0 radical (unpaired) electrons. The topological polar surface area (TPSA) is 114 Å². The summed E-state index contributed by atoms with van der Waals surface area (Å²) in [6.07, 6.45) is 8.91. The Hall–Kier alpha value is -3.94. The molecule has 3 N–H and O–H groups in total. The Morgan fingerprint density at radius 1 is 1.12 bits per heavy atom. The van der Waals surface area contributed by atoms with Gasteiger partial charge in [-0.15, -0.1) is 0 Å². The molecule has 4 atom stereocenters. The van der Waals surface area contributed by atoms with E-state index in [4.69, 9.17) is 15.7 Å². The second kappa shape index (κ2) is 10.9. The lowest BCUT2D eigenvalue weighted by Crippen LogP contribution is -2.46. The second-order valence-electron chi connectivity index (χ2n) is 10.9. The number of fused-ring (bicyclic) bond motifs is 1. The summed E-state index contributed by atoms with van der Waals surface area (Å²) in [6, 6.07) is 10.1. The van der Waals surface area contributed by atoms with Crippen LogP contribution in [0.5, 0.6) is 0 Å². The van der Waals surface area contributed by atoms with Crippen LogP contribution in [0.4, 0.5) is 20.4 Å². The Labute approximate surface area is 231 Å². The number of nitrogens with one attached hydrogen (secondary N) is 1. The van der Waals surface area contributed by atoms with E-state index < -0.39 is 11.6 Å². The van der Waals surface area contributed by atoms with Gasteiger partial charge in [-0.2, -0.15) is 14.9 Å². The van der Waals surface area contributed by atoms with Gasteiger partial charge in [0.05, 0.1) is 60.1 Å². The van der Waals surface area contributed by atoms with Gasteiger partial charge in [-0.25, -0.2) is 13.8 Å². The van der Waals surface area contributed by atoms with Crippen molar-refractivity contribution in [1.82, 2.24) is 19.6 Å². The monoisotopic (exact) mass is 543 g/mol. The van der Waals surface area contributed by atoms with Crippen molar-refractivity contribution < 1.29 is 13.5 Å². The molecule has 4 aromatic rings. The summed E-state index contributed by atoms with van der Waals surface area (Å²) in [5.41, 5.74) is 9.77. The SMILES string of the molecule is CC1CC(c2ccncc2Nc2ncc3ccc(-c4c(F)cc(C5CC5)cc4F)nn23)CC(N)C1OCCC#N. The Morgan fingerprint density at radius 2 is 1.93 bits per heavy atom. The maximum atomic E-state index is 15.0. The van der Waals surface area contributed by atoms with Crippen LogP contribution in [-0.2, 0) is 4.74 Å². The van der Waals surface area contributed by atoms with Crippen molar-refractivity contribution >= 4 is 17.2 Å². The fourth-order valence-corrected chi connectivity index (χ4v) is 5.92. The average Bonchev–Trinajstić information content (AvgIpc) is 3.72. The molecule has 10 heteroatoms. The van der Waals surface area contributed by atoms with Gasteiger partial charge >= 0.3 is 0 Å². The number of hydrogen-bond donors (Lipinski definition) is 2. The first-order chi connectivity index (χ1) is 19.4. The van der Waals surface area contributed by atoms with E-state index in [1.807, 2.05) is 6.07 Å². The quantitative estimate of drug-likeness (QED) is 0.269. The smallest absolute Gasteiger partial charge is 0.229 e. The predicted molar refractivity (Wildman–Crippen MR) is 147 cm³/mol. The molecule has 2 aliphatic carbocycles. The van der Waals surface area contributed by atoms with Crippen molar-refractivity contribution in [2.75, 3.05) is 11.9 Å². The van der Waals surface area contributed by atoms with E-state index in [0.717, 1.165) is 36.9 Å². The molecular formula is C30H31F2N7O. The van der Waals surface area contributed by atoms with Crippen LogP contribution < -0.4 is 11.1 Å². The Balaban J connectivity index is 1.27. The lowest BCUT2D eigenvalue weighted by Gasteiger charge is -2.39. The molecule has 2 saturated carbocycles. The number of halogens is 2. The lowest BCUT2D eigenvalue weighted by atomic mass is 9.74. The number of benzene rings is 1. The van der Waals surface area contributed by atoms with E-state index in [1.54, 1.807) is 35.2 Å². The predicted octanol–water partition coefficient (Wildman–Crippen LogP) is 5.83. The molecule has 206 valence electrons. The number of nitrogens with zero attached hydrogens (tertiary/aromatic N) is 5. The number of pyridine rings is 1. The molecule has 0 bridgehead atoms. The molecule has 0 amide bonds. The summed E-state index contributed by atoms with van der Waals surface area (Å²) in [5, 5.41) is 16.7. The summed E-state index contributed by atoms with van der Waals surface area (Å²) in [7, 11) is 0. The third-order valence-electron chi connectivity index (χ3n) is 8.01. The summed E-state index contributed by atoms with van der Waals surface area (Å²) in [5.74, 6) is -0.205. The van der Waals surface area contributed by atoms with Gasteiger partial charge in [0.15, 0.2) is 0 Å². The van der Waals surface area contributed by atoms with Crippen molar-refractivity contribution in [3.8, 4) is 17.3 Å². The molecule has 6 rings (SSSR count). The highest BCUT2D eigenvalue weighted by Gasteiger charge is 2.36. The standard InChI is InChI=1S/C30H31F2N7O/c1-17-11-20(14-25(34)29(17)40-10-2-8-33)22-7-9-35-16-27(22)37-30-36-15-21-5-6-26(38-39(21)30)28-23(31)12-19(13-24(28)32)18-3-4-18/h5-7,9,12-13,15-18,20,25,29H,2-4,10-11,14,34H2,1H3,(H,36,37). The van der Waals surface area contributed by atoms with E-state index in [9.17, 15) is 0 Å². The maximum Gasteiger partial charge on any atom is 0.229 e. The molecule has 0 saturated heterocycles. The van der Waals surface area contributed by atoms with Crippen LogP contribution >= 0.6 is 0 Å². The fraction of sp³-hybridized carbons (Fsp3) is 0.400. The lowest BCUT2D eigenvalue weighted by molar-refractivity contribution is -0.0198.